The van der Waals surface area contributed by atoms with Crippen LogP contribution in [0.5, 0.6) is 17.2 Å². The molecule has 17 heavy (non-hydrogen) atoms. The molecule has 0 radical (unpaired) electrons. The summed E-state index contributed by atoms with van der Waals surface area (Å²) < 4.78 is 11.0. The van der Waals surface area contributed by atoms with E-state index in [-0.39, 0.29) is 0 Å². The number of para-hydroxylation sites is 2. The number of ether oxygens (including phenoxy) is 2. The monoisotopic (exact) mass is 229 g/mol. The van der Waals surface area contributed by atoms with Crippen molar-refractivity contribution < 1.29 is 9.47 Å². The van der Waals surface area contributed by atoms with Crippen molar-refractivity contribution in [2.45, 2.75) is 6.92 Å². The highest BCUT2D eigenvalue weighted by molar-refractivity contribution is 5.56. The van der Waals surface area contributed by atoms with Gasteiger partial charge in [0.25, 0.3) is 0 Å². The van der Waals surface area contributed by atoms with Gasteiger partial charge in [-0.1, -0.05) is 18.2 Å². The Labute approximate surface area is 101 Å². The highest BCUT2D eigenvalue weighted by atomic mass is 16.5. The minimum atomic E-state index is 0.621. The zero-order valence-electron chi connectivity index (χ0n) is 9.94. The predicted molar refractivity (Wildman–Crippen MR) is 68.7 cm³/mol. The molecule has 0 aliphatic heterocycles. The summed E-state index contributed by atoms with van der Waals surface area (Å²) in [5.41, 5.74) is 7.62. The summed E-state index contributed by atoms with van der Waals surface area (Å²) in [5, 5.41) is 0. The van der Waals surface area contributed by atoms with E-state index in [4.69, 9.17) is 15.2 Å². The fourth-order valence-electron chi connectivity index (χ4n) is 1.58. The van der Waals surface area contributed by atoms with E-state index in [9.17, 15) is 0 Å². The molecule has 0 saturated carbocycles. The van der Waals surface area contributed by atoms with E-state index in [0.717, 1.165) is 5.56 Å². The lowest BCUT2D eigenvalue weighted by Crippen LogP contribution is -1.94. The molecule has 3 heteroatoms. The summed E-state index contributed by atoms with van der Waals surface area (Å²) in [5.74, 6) is 1.98. The largest absolute Gasteiger partial charge is 0.493 e. The molecule has 0 spiro atoms. The van der Waals surface area contributed by atoms with Crippen LogP contribution < -0.4 is 15.2 Å². The molecule has 0 atom stereocenters. The molecule has 0 bridgehead atoms. The molecule has 0 aromatic heterocycles. The van der Waals surface area contributed by atoms with E-state index in [0.29, 0.717) is 22.9 Å². The van der Waals surface area contributed by atoms with Gasteiger partial charge in [-0.05, 0) is 36.8 Å². The third-order valence-corrected chi connectivity index (χ3v) is 2.45. The average molecular weight is 229 g/mol. The van der Waals surface area contributed by atoms with Crippen molar-refractivity contribution in [3.63, 3.8) is 0 Å². The van der Waals surface area contributed by atoms with Gasteiger partial charge in [0, 0.05) is 0 Å². The summed E-state index contributed by atoms with van der Waals surface area (Å²) in [6.45, 7) is 1.99. The Balaban J connectivity index is 2.31. The van der Waals surface area contributed by atoms with Gasteiger partial charge in [-0.3, -0.25) is 0 Å². The maximum absolute atomic E-state index is 5.89. The van der Waals surface area contributed by atoms with E-state index in [2.05, 4.69) is 0 Å². The van der Waals surface area contributed by atoms with Gasteiger partial charge in [-0.2, -0.15) is 0 Å². The van der Waals surface area contributed by atoms with Crippen molar-refractivity contribution >= 4 is 5.69 Å². The number of anilines is 1. The number of hydrogen-bond donors (Lipinski definition) is 1. The lowest BCUT2D eigenvalue weighted by atomic mass is 10.2. The van der Waals surface area contributed by atoms with Crippen LogP contribution >= 0.6 is 0 Å². The molecule has 0 saturated heterocycles. The predicted octanol–water partition coefficient (Wildman–Crippen LogP) is 3.38. The number of rotatable bonds is 3. The van der Waals surface area contributed by atoms with Gasteiger partial charge in [0.1, 0.15) is 0 Å². The van der Waals surface area contributed by atoms with Crippen LogP contribution in [0.4, 0.5) is 5.69 Å². The minimum Gasteiger partial charge on any atom is -0.493 e. The first-order valence-electron chi connectivity index (χ1n) is 5.37. The molecule has 0 aliphatic rings. The number of methoxy groups -OCH3 is 1. The lowest BCUT2D eigenvalue weighted by molar-refractivity contribution is 0.379. The summed E-state index contributed by atoms with van der Waals surface area (Å²) >= 11 is 0. The average Bonchev–Trinajstić information content (AvgIpc) is 2.33. The molecule has 88 valence electrons. The van der Waals surface area contributed by atoms with Crippen molar-refractivity contribution in [1.82, 2.24) is 0 Å². The summed E-state index contributed by atoms with van der Waals surface area (Å²) in [4.78, 5) is 0. The van der Waals surface area contributed by atoms with Crippen LogP contribution in [0, 0.1) is 6.92 Å². The fraction of sp³-hybridized carbons (Fsp3) is 0.143. The molecule has 2 N–H and O–H groups in total. The zero-order chi connectivity index (χ0) is 12.3. The van der Waals surface area contributed by atoms with Gasteiger partial charge in [-0.15, -0.1) is 0 Å². The normalized spacial score (nSPS) is 10.0. The quantitative estimate of drug-likeness (QED) is 0.820. The van der Waals surface area contributed by atoms with Crippen molar-refractivity contribution in [2.24, 2.45) is 0 Å². The minimum absolute atomic E-state index is 0.621. The molecular weight excluding hydrogens is 214 g/mol. The molecule has 2 aromatic rings. The van der Waals surface area contributed by atoms with Gasteiger partial charge in [0.15, 0.2) is 17.2 Å². The van der Waals surface area contributed by atoms with Crippen LogP contribution in [0.25, 0.3) is 0 Å². The second kappa shape index (κ2) is 4.78. The van der Waals surface area contributed by atoms with E-state index in [1.165, 1.54) is 0 Å². The molecule has 2 aromatic carbocycles. The third-order valence-electron chi connectivity index (χ3n) is 2.45. The number of nitrogen functional groups attached to an aromatic ring is 1. The van der Waals surface area contributed by atoms with Crippen molar-refractivity contribution in [3.05, 3.63) is 48.0 Å². The van der Waals surface area contributed by atoms with Crippen LogP contribution in [0.2, 0.25) is 0 Å². The number of aryl methyl sites for hydroxylation is 1. The Morgan fingerprint density at radius 3 is 2.29 bits per heavy atom. The Morgan fingerprint density at radius 1 is 0.941 bits per heavy atom. The maximum Gasteiger partial charge on any atom is 0.169 e. The van der Waals surface area contributed by atoms with E-state index < -0.39 is 0 Å². The number of hydrogen-bond acceptors (Lipinski definition) is 3. The Morgan fingerprint density at radius 2 is 1.65 bits per heavy atom. The molecule has 0 unspecified atom stereocenters. The van der Waals surface area contributed by atoms with Crippen LogP contribution in [0.1, 0.15) is 5.56 Å². The molecule has 2 rings (SSSR count). The van der Waals surface area contributed by atoms with Gasteiger partial charge >= 0.3 is 0 Å². The molecule has 0 fully saturated rings. The first kappa shape index (κ1) is 11.3. The Kier molecular flexibility index (Phi) is 3.19. The highest BCUT2D eigenvalue weighted by Gasteiger charge is 2.06. The Bertz CT molecular complexity index is 523. The summed E-state index contributed by atoms with van der Waals surface area (Å²) in [6, 6.07) is 13.2. The second-order valence-corrected chi connectivity index (χ2v) is 3.79. The van der Waals surface area contributed by atoms with Crippen LogP contribution in [-0.4, -0.2) is 7.11 Å². The smallest absolute Gasteiger partial charge is 0.169 e. The zero-order valence-corrected chi connectivity index (χ0v) is 9.94. The summed E-state index contributed by atoms with van der Waals surface area (Å²) in [6.07, 6.45) is 0. The van der Waals surface area contributed by atoms with Crippen LogP contribution in [0.15, 0.2) is 42.5 Å². The third kappa shape index (κ3) is 2.50. The van der Waals surface area contributed by atoms with E-state index >= 15 is 0 Å². The second-order valence-electron chi connectivity index (χ2n) is 3.79. The first-order valence-corrected chi connectivity index (χ1v) is 5.37. The molecular formula is C14H15NO2. The molecule has 0 amide bonds. The fourth-order valence-corrected chi connectivity index (χ4v) is 1.58. The van der Waals surface area contributed by atoms with Gasteiger partial charge in [-0.25, -0.2) is 0 Å². The molecule has 0 heterocycles. The standard InChI is InChI=1S/C14H15NO2/c1-10-7-8-12(11(15)9-10)17-14-6-4-3-5-13(14)16-2/h3-9H,15H2,1-2H3. The van der Waals surface area contributed by atoms with E-state index in [1.54, 1.807) is 7.11 Å². The van der Waals surface area contributed by atoms with Crippen LogP contribution in [0.3, 0.4) is 0 Å². The number of nitrogens with two attached hydrogens (primary N) is 1. The van der Waals surface area contributed by atoms with Gasteiger partial charge in [0.2, 0.25) is 0 Å². The summed E-state index contributed by atoms with van der Waals surface area (Å²) in [7, 11) is 1.61. The van der Waals surface area contributed by atoms with Crippen molar-refractivity contribution in [1.29, 1.82) is 0 Å². The molecule has 0 aliphatic carbocycles. The highest BCUT2D eigenvalue weighted by Crippen LogP contribution is 2.33. The lowest BCUT2D eigenvalue weighted by Gasteiger charge is -2.11. The number of benzene rings is 2. The van der Waals surface area contributed by atoms with Gasteiger partial charge < -0.3 is 15.2 Å². The molecule has 3 nitrogen and oxygen atoms in total. The SMILES string of the molecule is COc1ccccc1Oc1ccc(C)cc1N. The van der Waals surface area contributed by atoms with Gasteiger partial charge in [0.05, 0.1) is 12.8 Å². The van der Waals surface area contributed by atoms with E-state index in [1.807, 2.05) is 49.4 Å². The maximum atomic E-state index is 5.89. The first-order chi connectivity index (χ1) is 8.20. The topological polar surface area (TPSA) is 44.5 Å². The Hall–Kier alpha value is -2.16. The van der Waals surface area contributed by atoms with Crippen LogP contribution in [-0.2, 0) is 0 Å². The van der Waals surface area contributed by atoms with Crippen molar-refractivity contribution in [2.75, 3.05) is 12.8 Å². The van der Waals surface area contributed by atoms with Crippen molar-refractivity contribution in [3.8, 4) is 17.2 Å².